The zero-order valence-corrected chi connectivity index (χ0v) is 5.72. The molecule has 0 aromatic rings. The maximum atomic E-state index is 10.2. The second-order valence-corrected chi connectivity index (χ2v) is 3.27. The lowest BCUT2D eigenvalue weighted by molar-refractivity contribution is 0.382. The first-order valence-electron chi connectivity index (χ1n) is 2.17. The summed E-state index contributed by atoms with van der Waals surface area (Å²) in [5.41, 5.74) is 0. The molecule has 0 unspecified atom stereocenters. The molecule has 0 radical (unpaired) electrons. The zero-order valence-electron chi connectivity index (χ0n) is 4.83. The second-order valence-electron chi connectivity index (χ2n) is 1.47. The van der Waals surface area contributed by atoms with Crippen molar-refractivity contribution in [2.75, 3.05) is 0 Å². The highest BCUT2D eigenvalue weighted by atomic mass is 31.2. The molecule has 0 amide bonds. The fraction of sp³-hybridized carbons (Fsp3) is 0.500. The summed E-state index contributed by atoms with van der Waals surface area (Å²) in [5.74, 6) is 0. The van der Waals surface area contributed by atoms with Crippen molar-refractivity contribution >= 4 is 7.60 Å². The van der Waals surface area contributed by atoms with Gasteiger partial charge in [-0.3, -0.25) is 4.57 Å². The van der Waals surface area contributed by atoms with Crippen molar-refractivity contribution in [2.24, 2.45) is 0 Å². The van der Waals surface area contributed by atoms with Crippen LogP contribution < -0.4 is 0 Å². The Morgan fingerprint density at radius 1 is 1.62 bits per heavy atom. The molecule has 0 atom stereocenters. The van der Waals surface area contributed by atoms with Gasteiger partial charge in [-0.05, 0) is 13.8 Å². The lowest BCUT2D eigenvalue weighted by atomic mass is 10.6. The van der Waals surface area contributed by atoms with Gasteiger partial charge >= 0.3 is 7.60 Å². The van der Waals surface area contributed by atoms with Crippen molar-refractivity contribution in [3.63, 3.8) is 0 Å². The van der Waals surface area contributed by atoms with Crippen LogP contribution >= 0.6 is 7.60 Å². The van der Waals surface area contributed by atoms with E-state index in [9.17, 15) is 4.57 Å². The fourth-order valence-electron chi connectivity index (χ4n) is 0.168. The predicted molar refractivity (Wildman–Crippen MR) is 31.5 cm³/mol. The summed E-state index contributed by atoms with van der Waals surface area (Å²) in [6.07, 6.45) is 1.40. The predicted octanol–water partition coefficient (Wildman–Crippen LogP) is 1.09. The van der Waals surface area contributed by atoms with Crippen LogP contribution in [0.2, 0.25) is 0 Å². The summed E-state index contributed by atoms with van der Waals surface area (Å²) < 4.78 is 10.2. The third-order valence-corrected chi connectivity index (χ3v) is 2.05. The van der Waals surface area contributed by atoms with Gasteiger partial charge in [0.15, 0.2) is 0 Å². The van der Waals surface area contributed by atoms with Crippen molar-refractivity contribution in [1.82, 2.24) is 0 Å². The molecular weight excluding hydrogens is 127 g/mol. The molecule has 0 aliphatic rings. The van der Waals surface area contributed by atoms with Gasteiger partial charge in [-0.15, -0.1) is 0 Å². The molecular formula is C4H9O3P. The Kier molecular flexibility index (Phi) is 2.41. The molecule has 0 bridgehead atoms. The molecule has 0 aliphatic heterocycles. The van der Waals surface area contributed by atoms with Crippen LogP contribution in [0.15, 0.2) is 11.4 Å². The molecule has 0 fully saturated rings. The molecule has 2 N–H and O–H groups in total. The van der Waals surface area contributed by atoms with E-state index in [0.29, 0.717) is 0 Å². The van der Waals surface area contributed by atoms with Crippen LogP contribution in [0.3, 0.4) is 0 Å². The van der Waals surface area contributed by atoms with Gasteiger partial charge in [0, 0.05) is 5.31 Å². The Labute approximate surface area is 48.2 Å². The third-order valence-electron chi connectivity index (χ3n) is 0.877. The zero-order chi connectivity index (χ0) is 6.78. The lowest BCUT2D eigenvalue weighted by Crippen LogP contribution is -1.76. The van der Waals surface area contributed by atoms with E-state index in [1.807, 2.05) is 0 Å². The van der Waals surface area contributed by atoms with Gasteiger partial charge in [0.2, 0.25) is 0 Å². The number of hydrogen-bond donors (Lipinski definition) is 2. The van der Waals surface area contributed by atoms with E-state index in [1.165, 1.54) is 13.0 Å². The first-order chi connectivity index (χ1) is 3.48. The summed E-state index contributed by atoms with van der Waals surface area (Å²) >= 11 is 0. The maximum absolute atomic E-state index is 10.2. The summed E-state index contributed by atoms with van der Waals surface area (Å²) in [4.78, 5) is 16.7. The molecule has 0 saturated heterocycles. The molecule has 0 saturated carbocycles. The Hall–Kier alpha value is -0.110. The van der Waals surface area contributed by atoms with Crippen molar-refractivity contribution in [3.05, 3.63) is 11.4 Å². The van der Waals surface area contributed by atoms with E-state index >= 15 is 0 Å². The van der Waals surface area contributed by atoms with Crippen LogP contribution in [-0.4, -0.2) is 9.79 Å². The molecule has 8 heavy (non-hydrogen) atoms. The minimum atomic E-state index is -3.90. The van der Waals surface area contributed by atoms with E-state index in [1.54, 1.807) is 6.92 Å². The highest BCUT2D eigenvalue weighted by Gasteiger charge is 2.13. The summed E-state index contributed by atoms with van der Waals surface area (Å²) in [5, 5.41) is 0.123. The van der Waals surface area contributed by atoms with Gasteiger partial charge < -0.3 is 9.79 Å². The summed E-state index contributed by atoms with van der Waals surface area (Å²) in [7, 11) is -3.90. The third kappa shape index (κ3) is 2.26. The monoisotopic (exact) mass is 136 g/mol. The van der Waals surface area contributed by atoms with Gasteiger partial charge in [-0.2, -0.15) is 0 Å². The van der Waals surface area contributed by atoms with Gasteiger partial charge in [-0.1, -0.05) is 6.08 Å². The van der Waals surface area contributed by atoms with Crippen LogP contribution in [-0.2, 0) is 4.57 Å². The first kappa shape index (κ1) is 7.89. The van der Waals surface area contributed by atoms with E-state index in [-0.39, 0.29) is 5.31 Å². The smallest absolute Gasteiger partial charge is 0.321 e. The van der Waals surface area contributed by atoms with Gasteiger partial charge in [-0.25, -0.2) is 0 Å². The standard InChI is InChI=1S/C4H9O3P/c1-3-4(2)8(5,6)7/h3H,1-2H3,(H2,5,6,7)/b4-3-. The molecule has 0 rings (SSSR count). The number of allylic oxidation sites excluding steroid dienone is 2. The quantitative estimate of drug-likeness (QED) is 0.530. The van der Waals surface area contributed by atoms with Crippen LogP contribution in [0, 0.1) is 0 Å². The van der Waals surface area contributed by atoms with Gasteiger partial charge in [0.1, 0.15) is 0 Å². The second kappa shape index (κ2) is 2.44. The summed E-state index contributed by atoms with van der Waals surface area (Å²) in [6.45, 7) is 3.00. The average molecular weight is 136 g/mol. The Bertz CT molecular complexity index is 143. The van der Waals surface area contributed by atoms with Crippen LogP contribution in [0.5, 0.6) is 0 Å². The van der Waals surface area contributed by atoms with Gasteiger partial charge in [0.05, 0.1) is 0 Å². The van der Waals surface area contributed by atoms with Crippen LogP contribution in [0.4, 0.5) is 0 Å². The maximum Gasteiger partial charge on any atom is 0.351 e. The Morgan fingerprint density at radius 2 is 2.00 bits per heavy atom. The molecule has 48 valence electrons. The topological polar surface area (TPSA) is 57.5 Å². The largest absolute Gasteiger partial charge is 0.351 e. The van der Waals surface area contributed by atoms with Crippen molar-refractivity contribution in [2.45, 2.75) is 13.8 Å². The minimum absolute atomic E-state index is 0.123. The van der Waals surface area contributed by atoms with Crippen molar-refractivity contribution < 1.29 is 14.4 Å². The Balaban J connectivity index is 4.27. The van der Waals surface area contributed by atoms with Crippen molar-refractivity contribution in [1.29, 1.82) is 0 Å². The first-order valence-corrected chi connectivity index (χ1v) is 3.78. The number of rotatable bonds is 1. The highest BCUT2D eigenvalue weighted by Crippen LogP contribution is 2.43. The molecule has 0 aromatic heterocycles. The highest BCUT2D eigenvalue weighted by molar-refractivity contribution is 7.56. The van der Waals surface area contributed by atoms with E-state index in [2.05, 4.69) is 0 Å². The molecule has 0 aromatic carbocycles. The fourth-order valence-corrected chi connectivity index (χ4v) is 0.505. The van der Waals surface area contributed by atoms with E-state index in [0.717, 1.165) is 0 Å². The molecule has 0 spiro atoms. The molecule has 0 aliphatic carbocycles. The number of hydrogen-bond acceptors (Lipinski definition) is 1. The van der Waals surface area contributed by atoms with E-state index in [4.69, 9.17) is 9.79 Å². The molecule has 0 heterocycles. The normalized spacial score (nSPS) is 14.2. The lowest BCUT2D eigenvalue weighted by Gasteiger charge is -1.99. The van der Waals surface area contributed by atoms with E-state index < -0.39 is 7.60 Å². The molecule has 4 heteroatoms. The minimum Gasteiger partial charge on any atom is -0.321 e. The average Bonchev–Trinajstić information content (AvgIpc) is 1.62. The van der Waals surface area contributed by atoms with Crippen LogP contribution in [0.25, 0.3) is 0 Å². The molecule has 3 nitrogen and oxygen atoms in total. The van der Waals surface area contributed by atoms with Crippen LogP contribution in [0.1, 0.15) is 13.8 Å². The van der Waals surface area contributed by atoms with Gasteiger partial charge in [0.25, 0.3) is 0 Å². The Morgan fingerprint density at radius 3 is 2.00 bits per heavy atom. The van der Waals surface area contributed by atoms with Crippen molar-refractivity contribution in [3.8, 4) is 0 Å². The summed E-state index contributed by atoms with van der Waals surface area (Å²) in [6, 6.07) is 0. The SMILES string of the molecule is C/C=C(/C)P(=O)(O)O.